The molecule has 1 saturated heterocycles. The fraction of sp³-hybridized carbons (Fsp3) is 0.538. The summed E-state index contributed by atoms with van der Waals surface area (Å²) in [5.41, 5.74) is -0.0724. The van der Waals surface area contributed by atoms with Gasteiger partial charge in [-0.15, -0.1) is 0 Å². The summed E-state index contributed by atoms with van der Waals surface area (Å²) < 4.78 is 42.6. The van der Waals surface area contributed by atoms with Gasteiger partial charge in [-0.05, 0) is 17.7 Å². The van der Waals surface area contributed by atoms with Gasteiger partial charge in [0.15, 0.2) is 5.79 Å². The Morgan fingerprint density at radius 3 is 2.26 bits per heavy atom. The zero-order valence-electron chi connectivity index (χ0n) is 10.3. The highest BCUT2D eigenvalue weighted by Crippen LogP contribution is 2.29. The standard InChI is InChI=1S/C13H16F3NO2/c14-13(15,16)11-3-1-10(2-4-11)9-19-12(18)5-7-17-8-6-12/h1-4,17-18H,5-9H2. The van der Waals surface area contributed by atoms with E-state index in [-0.39, 0.29) is 6.61 Å². The van der Waals surface area contributed by atoms with Crippen LogP contribution in [0.4, 0.5) is 13.2 Å². The van der Waals surface area contributed by atoms with E-state index in [0.29, 0.717) is 31.5 Å². The van der Waals surface area contributed by atoms with Gasteiger partial charge in [0.2, 0.25) is 0 Å². The van der Waals surface area contributed by atoms with Crippen molar-refractivity contribution in [2.24, 2.45) is 0 Å². The summed E-state index contributed by atoms with van der Waals surface area (Å²) in [4.78, 5) is 0. The van der Waals surface area contributed by atoms with Crippen LogP contribution in [0.1, 0.15) is 24.0 Å². The largest absolute Gasteiger partial charge is 0.416 e. The lowest BCUT2D eigenvalue weighted by Crippen LogP contribution is -2.43. The molecule has 6 heteroatoms. The van der Waals surface area contributed by atoms with Crippen molar-refractivity contribution in [2.45, 2.75) is 31.4 Å². The highest BCUT2D eigenvalue weighted by atomic mass is 19.4. The van der Waals surface area contributed by atoms with Crippen LogP contribution in [0.3, 0.4) is 0 Å². The maximum absolute atomic E-state index is 12.4. The maximum atomic E-state index is 12.4. The minimum atomic E-state index is -4.33. The van der Waals surface area contributed by atoms with Gasteiger partial charge in [-0.1, -0.05) is 12.1 Å². The van der Waals surface area contributed by atoms with Crippen LogP contribution >= 0.6 is 0 Å². The third-order valence-corrected chi connectivity index (χ3v) is 3.17. The molecule has 19 heavy (non-hydrogen) atoms. The number of hydrogen-bond acceptors (Lipinski definition) is 3. The van der Waals surface area contributed by atoms with Crippen LogP contribution in [0, 0.1) is 0 Å². The van der Waals surface area contributed by atoms with Crippen molar-refractivity contribution in [1.82, 2.24) is 5.32 Å². The Kier molecular flexibility index (Phi) is 4.13. The molecule has 0 spiro atoms. The van der Waals surface area contributed by atoms with E-state index in [9.17, 15) is 18.3 Å². The van der Waals surface area contributed by atoms with Crippen molar-refractivity contribution < 1.29 is 23.0 Å². The summed E-state index contributed by atoms with van der Waals surface area (Å²) in [5.74, 6) is -1.17. The molecule has 0 aliphatic carbocycles. The Labute approximate surface area is 109 Å². The van der Waals surface area contributed by atoms with Gasteiger partial charge in [-0.3, -0.25) is 0 Å². The molecule has 2 N–H and O–H groups in total. The van der Waals surface area contributed by atoms with Gasteiger partial charge >= 0.3 is 6.18 Å². The number of benzene rings is 1. The van der Waals surface area contributed by atoms with Crippen molar-refractivity contribution in [3.63, 3.8) is 0 Å². The van der Waals surface area contributed by atoms with Crippen molar-refractivity contribution in [1.29, 1.82) is 0 Å². The van der Waals surface area contributed by atoms with E-state index >= 15 is 0 Å². The van der Waals surface area contributed by atoms with Gasteiger partial charge in [-0.2, -0.15) is 13.2 Å². The predicted molar refractivity (Wildman–Crippen MR) is 63.3 cm³/mol. The van der Waals surface area contributed by atoms with E-state index in [1.165, 1.54) is 12.1 Å². The van der Waals surface area contributed by atoms with Crippen LogP contribution < -0.4 is 5.32 Å². The molecule has 1 fully saturated rings. The van der Waals surface area contributed by atoms with Gasteiger partial charge in [0, 0.05) is 25.9 Å². The topological polar surface area (TPSA) is 41.5 Å². The molecule has 0 saturated carbocycles. The lowest BCUT2D eigenvalue weighted by Gasteiger charge is -2.32. The molecule has 106 valence electrons. The Hall–Kier alpha value is -1.11. The van der Waals surface area contributed by atoms with E-state index in [2.05, 4.69) is 5.32 Å². The second kappa shape index (κ2) is 5.48. The Morgan fingerprint density at radius 1 is 1.16 bits per heavy atom. The first kappa shape index (κ1) is 14.3. The fourth-order valence-electron chi connectivity index (χ4n) is 1.97. The molecule has 3 nitrogen and oxygen atoms in total. The van der Waals surface area contributed by atoms with Crippen molar-refractivity contribution in [3.05, 3.63) is 35.4 Å². The molecule has 1 aromatic carbocycles. The fourth-order valence-corrected chi connectivity index (χ4v) is 1.97. The molecule has 1 heterocycles. The number of piperidine rings is 1. The molecule has 0 radical (unpaired) electrons. The van der Waals surface area contributed by atoms with Crippen molar-refractivity contribution in [2.75, 3.05) is 13.1 Å². The van der Waals surface area contributed by atoms with E-state index in [1.807, 2.05) is 0 Å². The van der Waals surface area contributed by atoms with Crippen LogP contribution in [0.2, 0.25) is 0 Å². The number of alkyl halides is 3. The third-order valence-electron chi connectivity index (χ3n) is 3.17. The zero-order chi connectivity index (χ0) is 13.9. The Morgan fingerprint density at radius 2 is 1.74 bits per heavy atom. The van der Waals surface area contributed by atoms with Crippen LogP contribution in [-0.4, -0.2) is 24.0 Å². The van der Waals surface area contributed by atoms with E-state index in [4.69, 9.17) is 4.74 Å². The van der Waals surface area contributed by atoms with Gasteiger partial charge in [-0.25, -0.2) is 0 Å². The van der Waals surface area contributed by atoms with Crippen LogP contribution in [0.15, 0.2) is 24.3 Å². The van der Waals surface area contributed by atoms with E-state index < -0.39 is 17.5 Å². The Balaban J connectivity index is 1.93. The SMILES string of the molecule is OC1(OCc2ccc(C(F)(F)F)cc2)CCNCC1. The monoisotopic (exact) mass is 275 g/mol. The highest BCUT2D eigenvalue weighted by molar-refractivity contribution is 5.24. The quantitative estimate of drug-likeness (QED) is 0.832. The van der Waals surface area contributed by atoms with Crippen molar-refractivity contribution >= 4 is 0 Å². The summed E-state index contributed by atoms with van der Waals surface area (Å²) in [6.45, 7) is 1.45. The van der Waals surface area contributed by atoms with Gasteiger partial charge in [0.1, 0.15) is 0 Å². The average molecular weight is 275 g/mol. The molecule has 1 aliphatic heterocycles. The first-order valence-electron chi connectivity index (χ1n) is 6.12. The molecular weight excluding hydrogens is 259 g/mol. The molecule has 0 atom stereocenters. The maximum Gasteiger partial charge on any atom is 0.416 e. The van der Waals surface area contributed by atoms with Crippen LogP contribution in [0.25, 0.3) is 0 Å². The molecule has 1 aromatic rings. The summed E-state index contributed by atoms with van der Waals surface area (Å²) >= 11 is 0. The summed E-state index contributed by atoms with van der Waals surface area (Å²) in [7, 11) is 0. The number of ether oxygens (including phenoxy) is 1. The molecule has 0 amide bonds. The second-order valence-electron chi connectivity index (χ2n) is 4.68. The van der Waals surface area contributed by atoms with Crippen molar-refractivity contribution in [3.8, 4) is 0 Å². The summed E-state index contributed by atoms with van der Waals surface area (Å²) in [5, 5.41) is 13.2. The smallest absolute Gasteiger partial charge is 0.365 e. The normalized spacial score (nSPS) is 19.4. The first-order valence-corrected chi connectivity index (χ1v) is 6.12. The van der Waals surface area contributed by atoms with E-state index in [1.54, 1.807) is 0 Å². The zero-order valence-corrected chi connectivity index (χ0v) is 10.3. The van der Waals surface area contributed by atoms with E-state index in [0.717, 1.165) is 12.1 Å². The summed E-state index contributed by atoms with van der Waals surface area (Å²) in [6, 6.07) is 4.77. The minimum absolute atomic E-state index is 0.106. The lowest BCUT2D eigenvalue weighted by atomic mass is 10.1. The van der Waals surface area contributed by atoms with Gasteiger partial charge in [0.05, 0.1) is 12.2 Å². The minimum Gasteiger partial charge on any atom is -0.365 e. The molecule has 0 unspecified atom stereocenters. The van der Waals surface area contributed by atoms with Gasteiger partial charge < -0.3 is 15.2 Å². The number of nitrogens with one attached hydrogen (secondary N) is 1. The highest BCUT2D eigenvalue weighted by Gasteiger charge is 2.31. The molecule has 0 bridgehead atoms. The second-order valence-corrected chi connectivity index (χ2v) is 4.68. The average Bonchev–Trinajstić information content (AvgIpc) is 2.37. The molecule has 2 rings (SSSR count). The number of hydrogen-bond donors (Lipinski definition) is 2. The summed E-state index contributed by atoms with van der Waals surface area (Å²) in [6.07, 6.45) is -3.37. The van der Waals surface area contributed by atoms with Gasteiger partial charge in [0.25, 0.3) is 0 Å². The molecule has 1 aliphatic rings. The predicted octanol–water partition coefficient (Wildman–Crippen LogP) is 2.29. The number of aliphatic hydroxyl groups is 1. The van der Waals surface area contributed by atoms with Crippen LogP contribution in [-0.2, 0) is 17.5 Å². The number of rotatable bonds is 3. The van der Waals surface area contributed by atoms with Crippen LogP contribution in [0.5, 0.6) is 0 Å². The first-order chi connectivity index (χ1) is 8.89. The lowest BCUT2D eigenvalue weighted by molar-refractivity contribution is -0.223. The Bertz CT molecular complexity index is 411. The molecule has 0 aromatic heterocycles. The molecular formula is C13H16F3NO2. The third kappa shape index (κ3) is 3.92. The number of halogens is 3.